The van der Waals surface area contributed by atoms with Crippen molar-refractivity contribution in [2.24, 2.45) is 5.92 Å². The van der Waals surface area contributed by atoms with Crippen molar-refractivity contribution in [1.29, 1.82) is 0 Å². The van der Waals surface area contributed by atoms with Gasteiger partial charge in [0.25, 0.3) is 0 Å². The van der Waals surface area contributed by atoms with Crippen molar-refractivity contribution in [2.45, 2.75) is 53.4 Å². The Balaban J connectivity index is 1.63. The highest BCUT2D eigenvalue weighted by atomic mass is 32.2. The largest absolute Gasteiger partial charge is 0.456 e. The minimum atomic E-state index is -0.488. The van der Waals surface area contributed by atoms with E-state index in [-0.39, 0.29) is 16.9 Å². The molecule has 0 radical (unpaired) electrons. The quantitative estimate of drug-likeness (QED) is 0.238. The van der Waals surface area contributed by atoms with Gasteiger partial charge < -0.3 is 4.74 Å². The molecule has 0 aromatic heterocycles. The van der Waals surface area contributed by atoms with Crippen LogP contribution in [0.15, 0.2) is 112 Å². The Hall–Kier alpha value is -2.78. The molecule has 1 aliphatic carbocycles. The molecule has 0 saturated heterocycles. The normalized spacial score (nSPS) is 16.3. The molecule has 3 aromatic rings. The molecule has 1 aliphatic rings. The van der Waals surface area contributed by atoms with Crippen molar-refractivity contribution in [1.82, 2.24) is 0 Å². The van der Waals surface area contributed by atoms with Gasteiger partial charge in [-0.3, -0.25) is 0 Å². The van der Waals surface area contributed by atoms with E-state index in [1.54, 1.807) is 0 Å². The van der Waals surface area contributed by atoms with E-state index in [9.17, 15) is 4.79 Å². The summed E-state index contributed by atoms with van der Waals surface area (Å²) in [5.74, 6) is 0.110. The van der Waals surface area contributed by atoms with Crippen LogP contribution in [0.1, 0.15) is 43.5 Å². The Bertz CT molecular complexity index is 1000. The monoisotopic (exact) mass is 429 g/mol. The highest BCUT2D eigenvalue weighted by molar-refractivity contribution is 7.97. The molecule has 3 heteroatoms. The first-order valence-corrected chi connectivity index (χ1v) is 12.1. The maximum atomic E-state index is 13.1. The van der Waals surface area contributed by atoms with Crippen molar-refractivity contribution in [3.05, 3.63) is 103 Å². The van der Waals surface area contributed by atoms with Gasteiger partial charge in [0.15, 0.2) is 14.7 Å². The van der Waals surface area contributed by atoms with Crippen LogP contribution in [0.2, 0.25) is 0 Å². The van der Waals surface area contributed by atoms with Crippen molar-refractivity contribution >= 4 is 16.9 Å². The van der Waals surface area contributed by atoms with E-state index in [1.165, 1.54) is 9.79 Å². The van der Waals surface area contributed by atoms with Gasteiger partial charge in [0.1, 0.15) is 5.60 Å². The van der Waals surface area contributed by atoms with Crippen LogP contribution in [0, 0.1) is 5.92 Å². The van der Waals surface area contributed by atoms with Gasteiger partial charge in [-0.05, 0) is 69.5 Å². The van der Waals surface area contributed by atoms with Gasteiger partial charge in [0, 0.05) is 12.0 Å². The zero-order valence-electron chi connectivity index (χ0n) is 18.2. The third-order valence-corrected chi connectivity index (χ3v) is 8.08. The highest BCUT2D eigenvalue weighted by Gasteiger charge is 2.34. The summed E-state index contributed by atoms with van der Waals surface area (Å²) < 4.78 is 6.04. The summed E-state index contributed by atoms with van der Waals surface area (Å²) in [4.78, 5) is 16.7. The number of hydrogen-bond donors (Lipinski definition) is 0. The van der Waals surface area contributed by atoms with Crippen molar-refractivity contribution in [2.75, 3.05) is 0 Å². The molecule has 31 heavy (non-hydrogen) atoms. The molecule has 2 nitrogen and oxygen atoms in total. The smallest absolute Gasteiger partial charge is 0.338 e. The van der Waals surface area contributed by atoms with E-state index in [2.05, 4.69) is 66.7 Å². The van der Waals surface area contributed by atoms with E-state index >= 15 is 0 Å². The molecule has 158 valence electrons. The number of carbonyl (C=O) groups excluding carboxylic acids is 1. The van der Waals surface area contributed by atoms with Crippen LogP contribution in [-0.2, 0) is 15.6 Å². The Morgan fingerprint density at radius 3 is 2.03 bits per heavy atom. The van der Waals surface area contributed by atoms with Gasteiger partial charge in [-0.2, -0.15) is 0 Å². The van der Waals surface area contributed by atoms with Crippen molar-refractivity contribution in [3.63, 3.8) is 0 Å². The first-order chi connectivity index (χ1) is 15.0. The average molecular weight is 430 g/mol. The number of esters is 1. The van der Waals surface area contributed by atoms with Gasteiger partial charge in [-0.1, -0.05) is 54.6 Å². The lowest BCUT2D eigenvalue weighted by Gasteiger charge is -2.34. The summed E-state index contributed by atoms with van der Waals surface area (Å²) in [6, 6.07) is 28.9. The highest BCUT2D eigenvalue weighted by Crippen LogP contribution is 2.34. The van der Waals surface area contributed by atoms with Crippen LogP contribution < -0.4 is 0 Å². The molecule has 0 spiro atoms. The van der Waals surface area contributed by atoms with Gasteiger partial charge in [0.05, 0.1) is 16.5 Å². The van der Waals surface area contributed by atoms with E-state index in [0.29, 0.717) is 11.5 Å². The molecule has 0 N–H and O–H groups in total. The first-order valence-electron chi connectivity index (χ1n) is 10.9. The number of hydrogen-bond acceptors (Lipinski definition) is 2. The third-order valence-electron chi connectivity index (χ3n) is 5.87. The van der Waals surface area contributed by atoms with Crippen LogP contribution in [0.5, 0.6) is 0 Å². The number of ether oxygens (including phenoxy) is 1. The molecule has 0 bridgehead atoms. The Labute approximate surface area is 188 Å². The van der Waals surface area contributed by atoms with Gasteiger partial charge in [-0.15, -0.1) is 0 Å². The lowest BCUT2D eigenvalue weighted by Crippen LogP contribution is -2.37. The molecule has 0 saturated carbocycles. The second kappa shape index (κ2) is 9.57. The lowest BCUT2D eigenvalue weighted by molar-refractivity contribution is -0.0320. The SMILES string of the molecule is CC(C)(OC(=O)c1cccc([S+](c2ccccc2)c2ccccc2)c1)C1CC=CCC1. The summed E-state index contributed by atoms with van der Waals surface area (Å²) in [5.41, 5.74) is 0.125. The fourth-order valence-electron chi connectivity index (χ4n) is 4.08. The summed E-state index contributed by atoms with van der Waals surface area (Å²) in [6.45, 7) is 4.08. The maximum absolute atomic E-state index is 13.1. The van der Waals surface area contributed by atoms with Crippen LogP contribution in [0.3, 0.4) is 0 Å². The third kappa shape index (κ3) is 5.11. The maximum Gasteiger partial charge on any atom is 0.338 e. The van der Waals surface area contributed by atoms with Crippen molar-refractivity contribution < 1.29 is 9.53 Å². The van der Waals surface area contributed by atoms with E-state index in [4.69, 9.17) is 4.74 Å². The number of benzene rings is 3. The molecule has 0 heterocycles. The Kier molecular flexibility index (Phi) is 6.62. The molecular formula is C28H29O2S+. The fourth-order valence-corrected chi connectivity index (χ4v) is 6.21. The van der Waals surface area contributed by atoms with E-state index < -0.39 is 5.60 Å². The molecule has 4 rings (SSSR count). The van der Waals surface area contributed by atoms with Crippen LogP contribution >= 0.6 is 0 Å². The molecule has 0 amide bonds. The lowest BCUT2D eigenvalue weighted by atomic mass is 9.81. The molecule has 0 aliphatic heterocycles. The summed E-state index contributed by atoms with van der Waals surface area (Å²) in [5, 5.41) is 0. The Morgan fingerprint density at radius 1 is 0.839 bits per heavy atom. The van der Waals surface area contributed by atoms with E-state index in [0.717, 1.165) is 24.2 Å². The van der Waals surface area contributed by atoms with Crippen LogP contribution in [-0.4, -0.2) is 11.6 Å². The minimum absolute atomic E-state index is 0.244. The van der Waals surface area contributed by atoms with Crippen molar-refractivity contribution in [3.8, 4) is 0 Å². The number of carbonyl (C=O) groups is 1. The molecule has 3 aromatic carbocycles. The van der Waals surface area contributed by atoms with Crippen LogP contribution in [0.25, 0.3) is 0 Å². The average Bonchev–Trinajstić information content (AvgIpc) is 2.81. The second-order valence-corrected chi connectivity index (χ2v) is 10.5. The fraction of sp³-hybridized carbons (Fsp3) is 0.250. The minimum Gasteiger partial charge on any atom is -0.456 e. The topological polar surface area (TPSA) is 26.3 Å². The summed E-state index contributed by atoms with van der Waals surface area (Å²) in [6.07, 6.45) is 7.49. The Morgan fingerprint density at radius 2 is 1.45 bits per heavy atom. The zero-order chi connectivity index (χ0) is 21.7. The first kappa shape index (κ1) is 21.5. The number of allylic oxidation sites excluding steroid dienone is 2. The summed E-state index contributed by atoms with van der Waals surface area (Å²) >= 11 is 0. The van der Waals surface area contributed by atoms with Crippen LogP contribution in [0.4, 0.5) is 0 Å². The molecule has 1 atom stereocenters. The number of rotatable bonds is 6. The van der Waals surface area contributed by atoms with Gasteiger partial charge in [0.2, 0.25) is 0 Å². The zero-order valence-corrected chi connectivity index (χ0v) is 19.0. The predicted molar refractivity (Wildman–Crippen MR) is 127 cm³/mol. The standard InChI is InChI=1S/C28H29O2S/c1-28(2,23-14-6-3-7-15-23)30-27(29)22-13-12-20-26(21-22)31(24-16-8-4-9-17-24)25-18-10-5-11-19-25/h3-6,8-13,16-21,23H,7,14-15H2,1-2H3/q+1. The predicted octanol–water partition coefficient (Wildman–Crippen LogP) is 7.07. The summed E-state index contributed by atoms with van der Waals surface area (Å²) in [7, 11) is -0.286. The van der Waals surface area contributed by atoms with E-state index in [1.807, 2.05) is 44.2 Å². The van der Waals surface area contributed by atoms with Gasteiger partial charge in [-0.25, -0.2) is 4.79 Å². The molecular weight excluding hydrogens is 400 g/mol. The van der Waals surface area contributed by atoms with Gasteiger partial charge >= 0.3 is 5.97 Å². The second-order valence-electron chi connectivity index (χ2n) is 8.43. The molecule has 0 fully saturated rings. The molecule has 1 unspecified atom stereocenters.